The molecular formula is C13H21N3O. The number of carbonyl (C=O) groups excluding carboxylic acids is 1. The van der Waals surface area contributed by atoms with Gasteiger partial charge in [-0.25, -0.2) is 4.98 Å². The number of Topliss-reactive ketones (excluding diaryl/α,β-unsaturated/α-hetero) is 1. The summed E-state index contributed by atoms with van der Waals surface area (Å²) in [5.74, 6) is 1.15. The van der Waals surface area contributed by atoms with Crippen molar-refractivity contribution in [2.75, 3.05) is 6.54 Å². The number of ketones is 1. The Morgan fingerprint density at radius 2 is 2.12 bits per heavy atom. The Kier molecular flexibility index (Phi) is 5.77. The Labute approximate surface area is 103 Å². The van der Waals surface area contributed by atoms with Gasteiger partial charge < -0.3 is 5.73 Å². The molecule has 0 aliphatic rings. The van der Waals surface area contributed by atoms with E-state index in [9.17, 15) is 4.79 Å². The molecule has 0 fully saturated rings. The van der Waals surface area contributed by atoms with Crippen LogP contribution in [0.5, 0.6) is 0 Å². The van der Waals surface area contributed by atoms with E-state index in [4.69, 9.17) is 5.73 Å². The normalized spacial score (nSPS) is 12.7. The zero-order valence-electron chi connectivity index (χ0n) is 10.6. The number of hydrogen-bond acceptors (Lipinski definition) is 4. The van der Waals surface area contributed by atoms with E-state index in [0.717, 1.165) is 12.8 Å². The molecule has 0 bridgehead atoms. The summed E-state index contributed by atoms with van der Waals surface area (Å²) in [6.07, 6.45) is 7.03. The lowest BCUT2D eigenvalue weighted by atomic mass is 9.87. The van der Waals surface area contributed by atoms with Gasteiger partial charge in [-0.15, -0.1) is 0 Å². The van der Waals surface area contributed by atoms with Gasteiger partial charge in [-0.3, -0.25) is 9.78 Å². The van der Waals surface area contributed by atoms with Gasteiger partial charge in [0.15, 0.2) is 5.78 Å². The molecular weight excluding hydrogens is 214 g/mol. The summed E-state index contributed by atoms with van der Waals surface area (Å²) in [7, 11) is 0. The zero-order valence-corrected chi connectivity index (χ0v) is 10.6. The predicted octanol–water partition coefficient (Wildman–Crippen LogP) is 2.06. The van der Waals surface area contributed by atoms with Crippen LogP contribution < -0.4 is 5.73 Å². The minimum atomic E-state index is 0.0702. The number of nitrogens with two attached hydrogens (primary N) is 1. The molecule has 4 nitrogen and oxygen atoms in total. The van der Waals surface area contributed by atoms with Crippen LogP contribution in [0.1, 0.15) is 43.6 Å². The quantitative estimate of drug-likeness (QED) is 0.734. The summed E-state index contributed by atoms with van der Waals surface area (Å²) < 4.78 is 0. The SMILES string of the molecule is CC(C)C(CCN)CCC(=O)c1cnccn1. The van der Waals surface area contributed by atoms with Crippen molar-refractivity contribution < 1.29 is 4.79 Å². The minimum absolute atomic E-state index is 0.0702. The van der Waals surface area contributed by atoms with Crippen LogP contribution in [0, 0.1) is 11.8 Å². The summed E-state index contributed by atoms with van der Waals surface area (Å²) in [6.45, 7) is 5.03. The molecule has 2 N–H and O–H groups in total. The fourth-order valence-corrected chi connectivity index (χ4v) is 1.91. The molecule has 1 aromatic rings. The van der Waals surface area contributed by atoms with Gasteiger partial charge in [0.2, 0.25) is 0 Å². The van der Waals surface area contributed by atoms with Crippen molar-refractivity contribution in [3.63, 3.8) is 0 Å². The maximum absolute atomic E-state index is 11.8. The van der Waals surface area contributed by atoms with Crippen molar-refractivity contribution in [2.24, 2.45) is 17.6 Å². The smallest absolute Gasteiger partial charge is 0.182 e. The third kappa shape index (κ3) is 4.61. The van der Waals surface area contributed by atoms with Crippen molar-refractivity contribution >= 4 is 5.78 Å². The first-order valence-corrected chi connectivity index (χ1v) is 6.14. The Balaban J connectivity index is 2.47. The third-order valence-electron chi connectivity index (χ3n) is 3.07. The highest BCUT2D eigenvalue weighted by Gasteiger charge is 2.15. The number of rotatable bonds is 7. The van der Waals surface area contributed by atoms with E-state index in [1.807, 2.05) is 0 Å². The molecule has 0 aliphatic heterocycles. The number of aromatic nitrogens is 2. The van der Waals surface area contributed by atoms with Crippen molar-refractivity contribution in [2.45, 2.75) is 33.1 Å². The summed E-state index contributed by atoms with van der Waals surface area (Å²) in [4.78, 5) is 19.8. The number of nitrogens with zero attached hydrogens (tertiary/aromatic N) is 2. The van der Waals surface area contributed by atoms with Gasteiger partial charge >= 0.3 is 0 Å². The highest BCUT2D eigenvalue weighted by atomic mass is 16.1. The van der Waals surface area contributed by atoms with Gasteiger partial charge in [-0.1, -0.05) is 13.8 Å². The second-order valence-electron chi connectivity index (χ2n) is 4.63. The van der Waals surface area contributed by atoms with Crippen LogP contribution in [0.25, 0.3) is 0 Å². The molecule has 0 saturated heterocycles. The lowest BCUT2D eigenvalue weighted by Gasteiger charge is -2.19. The largest absolute Gasteiger partial charge is 0.330 e. The fourth-order valence-electron chi connectivity index (χ4n) is 1.91. The lowest BCUT2D eigenvalue weighted by Crippen LogP contribution is -2.16. The van der Waals surface area contributed by atoms with Crippen molar-refractivity contribution in [3.8, 4) is 0 Å². The molecule has 0 spiro atoms. The zero-order chi connectivity index (χ0) is 12.7. The van der Waals surface area contributed by atoms with Crippen LogP contribution in [0.15, 0.2) is 18.6 Å². The first kappa shape index (κ1) is 13.8. The van der Waals surface area contributed by atoms with Crippen LogP contribution in [0.3, 0.4) is 0 Å². The molecule has 1 rings (SSSR count). The maximum atomic E-state index is 11.8. The Morgan fingerprint density at radius 1 is 1.35 bits per heavy atom. The van der Waals surface area contributed by atoms with Gasteiger partial charge in [0.25, 0.3) is 0 Å². The lowest BCUT2D eigenvalue weighted by molar-refractivity contribution is 0.0964. The van der Waals surface area contributed by atoms with Gasteiger partial charge in [0.1, 0.15) is 5.69 Å². The topological polar surface area (TPSA) is 68.9 Å². The van der Waals surface area contributed by atoms with Gasteiger partial charge in [0, 0.05) is 18.8 Å². The fraction of sp³-hybridized carbons (Fsp3) is 0.615. The van der Waals surface area contributed by atoms with E-state index >= 15 is 0 Å². The monoisotopic (exact) mass is 235 g/mol. The molecule has 1 unspecified atom stereocenters. The molecule has 1 aromatic heterocycles. The van der Waals surface area contributed by atoms with Gasteiger partial charge in [0.05, 0.1) is 6.20 Å². The first-order valence-electron chi connectivity index (χ1n) is 6.14. The van der Waals surface area contributed by atoms with Crippen LogP contribution in [-0.2, 0) is 0 Å². The molecule has 4 heteroatoms. The Bertz CT molecular complexity index is 338. The van der Waals surface area contributed by atoms with Crippen LogP contribution in [-0.4, -0.2) is 22.3 Å². The van der Waals surface area contributed by atoms with E-state index in [0.29, 0.717) is 30.5 Å². The molecule has 17 heavy (non-hydrogen) atoms. The van der Waals surface area contributed by atoms with Crippen molar-refractivity contribution in [3.05, 3.63) is 24.3 Å². The summed E-state index contributed by atoms with van der Waals surface area (Å²) in [5.41, 5.74) is 6.04. The van der Waals surface area contributed by atoms with Crippen LogP contribution >= 0.6 is 0 Å². The molecule has 0 saturated carbocycles. The van der Waals surface area contributed by atoms with Crippen molar-refractivity contribution in [1.29, 1.82) is 0 Å². The minimum Gasteiger partial charge on any atom is -0.330 e. The average molecular weight is 235 g/mol. The van der Waals surface area contributed by atoms with Gasteiger partial charge in [-0.2, -0.15) is 0 Å². The second-order valence-corrected chi connectivity index (χ2v) is 4.63. The molecule has 0 aromatic carbocycles. The van der Waals surface area contributed by atoms with E-state index in [-0.39, 0.29) is 5.78 Å². The summed E-state index contributed by atoms with van der Waals surface area (Å²) >= 11 is 0. The standard InChI is InChI=1S/C13H21N3O/c1-10(2)11(5-6-14)3-4-13(17)12-9-15-7-8-16-12/h7-11H,3-6,14H2,1-2H3. The molecule has 0 radical (unpaired) electrons. The summed E-state index contributed by atoms with van der Waals surface area (Å²) in [5, 5.41) is 0. The van der Waals surface area contributed by atoms with E-state index in [2.05, 4.69) is 23.8 Å². The highest BCUT2D eigenvalue weighted by Crippen LogP contribution is 2.21. The second kappa shape index (κ2) is 7.12. The summed E-state index contributed by atoms with van der Waals surface area (Å²) in [6, 6.07) is 0. The van der Waals surface area contributed by atoms with E-state index in [1.54, 1.807) is 12.4 Å². The molecule has 1 atom stereocenters. The maximum Gasteiger partial charge on any atom is 0.182 e. The predicted molar refractivity (Wildman–Crippen MR) is 67.6 cm³/mol. The third-order valence-corrected chi connectivity index (χ3v) is 3.07. The number of carbonyl (C=O) groups is 1. The molecule has 0 aliphatic carbocycles. The molecule has 1 heterocycles. The van der Waals surface area contributed by atoms with Crippen LogP contribution in [0.4, 0.5) is 0 Å². The van der Waals surface area contributed by atoms with Crippen molar-refractivity contribution in [1.82, 2.24) is 9.97 Å². The molecule has 94 valence electrons. The highest BCUT2D eigenvalue weighted by molar-refractivity contribution is 5.93. The van der Waals surface area contributed by atoms with E-state index < -0.39 is 0 Å². The van der Waals surface area contributed by atoms with Gasteiger partial charge in [-0.05, 0) is 31.2 Å². The van der Waals surface area contributed by atoms with E-state index in [1.165, 1.54) is 6.20 Å². The average Bonchev–Trinajstić information content (AvgIpc) is 2.34. The Hall–Kier alpha value is -1.29. The number of hydrogen-bond donors (Lipinski definition) is 1. The first-order chi connectivity index (χ1) is 8.15. The Morgan fingerprint density at radius 3 is 2.65 bits per heavy atom. The van der Waals surface area contributed by atoms with Crippen LogP contribution in [0.2, 0.25) is 0 Å². The molecule has 0 amide bonds.